The molecule has 0 saturated carbocycles. The minimum absolute atomic E-state index is 0.0121. The largest absolute Gasteiger partial charge is 0.420 e. The third-order valence-electron chi connectivity index (χ3n) is 14.7. The second kappa shape index (κ2) is 46.7. The molecule has 0 aliphatic carbocycles. The molecule has 0 unspecified atom stereocenters. The predicted molar refractivity (Wildman–Crippen MR) is 329 cm³/mol. The number of hydrogen-bond acceptors (Lipinski definition) is 20. The fraction of sp³-hybridized carbons (Fsp3) is 0.763. The Morgan fingerprint density at radius 1 is 0.446 bits per heavy atom. The molecule has 4 saturated heterocycles. The van der Waals surface area contributed by atoms with E-state index >= 15 is 0 Å². The molecule has 1 aromatic carbocycles. The third-order valence-corrected chi connectivity index (χ3v) is 17.7. The van der Waals surface area contributed by atoms with Crippen molar-refractivity contribution in [1.29, 1.82) is 0 Å². The Bertz CT molecular complexity index is 2380. The van der Waals surface area contributed by atoms with Gasteiger partial charge in [-0.25, -0.2) is 18.4 Å². The van der Waals surface area contributed by atoms with Gasteiger partial charge in [0.25, 0.3) is 0 Å². The van der Waals surface area contributed by atoms with Crippen LogP contribution in [0.15, 0.2) is 6.07 Å². The zero-order valence-electron chi connectivity index (χ0n) is 52.2. The molecule has 33 heteroatoms. The lowest BCUT2D eigenvalue weighted by Gasteiger charge is -2.19. The van der Waals surface area contributed by atoms with Crippen molar-refractivity contribution >= 4 is 71.1 Å². The Labute approximate surface area is 542 Å². The van der Waals surface area contributed by atoms with Crippen LogP contribution in [0.5, 0.6) is 5.75 Å². The number of ether oxygens (including phenoxy) is 10. The summed E-state index contributed by atoms with van der Waals surface area (Å²) in [7, 11) is 0. The van der Waals surface area contributed by atoms with Crippen LogP contribution in [0.2, 0.25) is 0 Å². The van der Waals surface area contributed by atoms with Crippen molar-refractivity contribution in [2.75, 3.05) is 157 Å². The summed E-state index contributed by atoms with van der Waals surface area (Å²) in [6, 6.07) is -0.460. The molecule has 4 aliphatic rings. The van der Waals surface area contributed by atoms with Crippen LogP contribution in [0, 0.1) is 23.3 Å². The van der Waals surface area contributed by atoms with Gasteiger partial charge in [-0.3, -0.25) is 28.8 Å². The molecule has 0 radical (unpaired) electrons. The number of carbonyl (C=O) groups excluding carboxylic acids is 8. The van der Waals surface area contributed by atoms with E-state index in [1.54, 1.807) is 0 Å². The number of carbonyl (C=O) groups is 8. The molecule has 9 amide bonds. The highest BCUT2D eigenvalue weighted by molar-refractivity contribution is 8.00. The van der Waals surface area contributed by atoms with Gasteiger partial charge in [0.1, 0.15) is 6.04 Å². The van der Waals surface area contributed by atoms with Crippen molar-refractivity contribution in [2.24, 2.45) is 0 Å². The topological polar surface area (TPSA) is 337 Å². The van der Waals surface area contributed by atoms with Gasteiger partial charge in [0.2, 0.25) is 46.9 Å². The summed E-state index contributed by atoms with van der Waals surface area (Å²) >= 11 is 3.73. The van der Waals surface area contributed by atoms with E-state index in [0.29, 0.717) is 128 Å². The van der Waals surface area contributed by atoms with E-state index < -0.39 is 59.3 Å². The first kappa shape index (κ1) is 77.3. The molecule has 0 bridgehead atoms. The highest BCUT2D eigenvalue weighted by Crippen LogP contribution is 2.34. The summed E-state index contributed by atoms with van der Waals surface area (Å²) in [4.78, 5) is 98.1. The maximum atomic E-state index is 13.9. The van der Waals surface area contributed by atoms with E-state index in [9.17, 15) is 55.9 Å². The summed E-state index contributed by atoms with van der Waals surface area (Å²) in [5.74, 6) is -9.43. The average Bonchev–Trinajstić information content (AvgIpc) is 1.61. The zero-order valence-corrected chi connectivity index (χ0v) is 53.8. The maximum Gasteiger partial charge on any atom is 0.315 e. The van der Waals surface area contributed by atoms with Gasteiger partial charge in [-0.15, -0.1) is 0 Å². The Morgan fingerprint density at radius 2 is 0.837 bits per heavy atom. The number of amides is 9. The van der Waals surface area contributed by atoms with Crippen molar-refractivity contribution in [2.45, 2.75) is 131 Å². The minimum atomic E-state index is -1.87. The number of rotatable bonds is 54. The van der Waals surface area contributed by atoms with Crippen molar-refractivity contribution in [3.8, 4) is 5.75 Å². The monoisotopic (exact) mass is 1360 g/mol. The van der Waals surface area contributed by atoms with Crippen molar-refractivity contribution < 1.29 is 103 Å². The SMILES string of the molecule is O=C(CCCC[C@@H]1SC[C@@H]2NC(=O)N[C@@H]21)NCCOCCOCCOCCOCCC(=O)NCCCC[C@H](NC(=O)CCOCCOCCOCCOCCNC(=O)CCCC[C@@H]1SC[C@@H]2NC(=O)N[C@@H]21)C(=O)NCCOCCC(=O)Oc1c(F)c(F)cc(F)c1F. The number of esters is 1. The van der Waals surface area contributed by atoms with Crippen LogP contribution < -0.4 is 52.6 Å². The van der Waals surface area contributed by atoms with Crippen LogP contribution >= 0.6 is 23.5 Å². The smallest absolute Gasteiger partial charge is 0.315 e. The number of hydrogen-bond donors (Lipinski definition) is 9. The van der Waals surface area contributed by atoms with Gasteiger partial charge < -0.3 is 95.2 Å². The molecule has 92 heavy (non-hydrogen) atoms. The standard InChI is InChI=1S/C59H93F4N9O18S2/c60-40-37-41(61)53(63)56(52(40)62)90-51(77)14-21-81-24-18-67-57(78)42(68-50(76)13-20-83-26-30-87-34-36-89-32-28-85-23-17-66-48(74)11-4-2-9-46-55-44(39-92-46)70-59(80)72-55)7-5-6-15-64-49(75)12-19-82-25-29-86-33-35-88-31-27-84-22-16-65-47(73)10-3-1-8-45-54-43(38-91-45)69-58(79)71-54/h37,42-46,54-55H,1-36,38-39H2,(H,64,75)(H,65,73)(H,66,74)(H,67,78)(H,68,76)(H2,69,71,79)(H2,70,72,80)/t42-,43-,44-,45-,46-,54-,55-/m0/s1. The molecular formula is C59H93F4N9O18S2. The number of benzene rings is 1. The van der Waals surface area contributed by atoms with Gasteiger partial charge in [-0.1, -0.05) is 12.8 Å². The lowest BCUT2D eigenvalue weighted by molar-refractivity contribution is -0.136. The van der Waals surface area contributed by atoms with E-state index in [1.807, 2.05) is 23.5 Å². The molecule has 0 spiro atoms. The lowest BCUT2D eigenvalue weighted by Crippen LogP contribution is -2.47. The maximum absolute atomic E-state index is 13.9. The first-order valence-electron chi connectivity index (χ1n) is 31.7. The lowest BCUT2D eigenvalue weighted by atomic mass is 10.0. The number of urea groups is 2. The van der Waals surface area contributed by atoms with E-state index in [1.165, 1.54) is 0 Å². The first-order valence-corrected chi connectivity index (χ1v) is 33.8. The van der Waals surface area contributed by atoms with E-state index in [0.717, 1.165) is 50.0 Å². The molecular weight excluding hydrogens is 1260 g/mol. The molecule has 1 aromatic rings. The Kier molecular flexibility index (Phi) is 39.2. The van der Waals surface area contributed by atoms with Gasteiger partial charge in [0.05, 0.1) is 150 Å². The number of halogens is 4. The third kappa shape index (κ3) is 32.2. The van der Waals surface area contributed by atoms with Crippen molar-refractivity contribution in [3.63, 3.8) is 0 Å². The molecule has 9 N–H and O–H groups in total. The molecule has 27 nitrogen and oxygen atoms in total. The number of thioether (sulfide) groups is 2. The molecule has 7 atom stereocenters. The number of fused-ring (bicyclic) bond motifs is 2. The first-order chi connectivity index (χ1) is 44.7. The average molecular weight is 1360 g/mol. The van der Waals surface area contributed by atoms with Crippen molar-refractivity contribution in [3.05, 3.63) is 29.3 Å². The van der Waals surface area contributed by atoms with Crippen LogP contribution in [-0.2, 0) is 71.4 Å². The summed E-state index contributed by atoms with van der Waals surface area (Å²) in [6.07, 6.45) is 6.81. The van der Waals surface area contributed by atoms with E-state index in [2.05, 4.69) is 52.6 Å². The second-order valence-corrected chi connectivity index (χ2v) is 24.3. The van der Waals surface area contributed by atoms with Crippen LogP contribution in [0.25, 0.3) is 0 Å². The summed E-state index contributed by atoms with van der Waals surface area (Å²) in [6.45, 7) is 5.26. The fourth-order valence-electron chi connectivity index (χ4n) is 9.86. The molecule has 4 fully saturated rings. The Balaban J connectivity index is 0.821. The summed E-state index contributed by atoms with van der Waals surface area (Å²) in [5.41, 5.74) is 0. The molecule has 5 rings (SSSR count). The molecule has 4 heterocycles. The molecule has 522 valence electrons. The minimum Gasteiger partial charge on any atom is -0.420 e. The van der Waals surface area contributed by atoms with Crippen LogP contribution in [-0.4, -0.2) is 245 Å². The van der Waals surface area contributed by atoms with Gasteiger partial charge >= 0.3 is 18.0 Å². The number of nitrogens with one attached hydrogen (secondary N) is 9. The van der Waals surface area contributed by atoms with Crippen LogP contribution in [0.1, 0.15) is 89.9 Å². The van der Waals surface area contributed by atoms with Gasteiger partial charge in [-0.05, 0) is 44.9 Å². The van der Waals surface area contributed by atoms with Gasteiger partial charge in [0, 0.05) is 79.9 Å². The zero-order chi connectivity index (χ0) is 66.0. The molecule has 0 aromatic heterocycles. The van der Waals surface area contributed by atoms with Gasteiger partial charge in [-0.2, -0.15) is 32.3 Å². The number of unbranched alkanes of at least 4 members (excludes halogenated alkanes) is 3. The fourth-order valence-corrected chi connectivity index (χ4v) is 12.9. The quantitative estimate of drug-likeness (QED) is 0.0113. The second-order valence-electron chi connectivity index (χ2n) is 21.7. The Morgan fingerprint density at radius 3 is 1.32 bits per heavy atom. The molecule has 4 aliphatic heterocycles. The predicted octanol–water partition coefficient (Wildman–Crippen LogP) is 2.04. The summed E-state index contributed by atoms with van der Waals surface area (Å²) in [5, 5.41) is 26.5. The normalized spacial score (nSPS) is 19.1. The Hall–Kier alpha value is -5.36. The van der Waals surface area contributed by atoms with Gasteiger partial charge in [0.15, 0.2) is 11.6 Å². The van der Waals surface area contributed by atoms with Crippen LogP contribution in [0.4, 0.5) is 27.2 Å². The van der Waals surface area contributed by atoms with E-state index in [-0.39, 0.29) is 132 Å². The summed E-state index contributed by atoms with van der Waals surface area (Å²) < 4.78 is 109. The van der Waals surface area contributed by atoms with Crippen molar-refractivity contribution in [1.82, 2.24) is 47.9 Å². The highest BCUT2D eigenvalue weighted by Gasteiger charge is 2.43. The highest BCUT2D eigenvalue weighted by atomic mass is 32.2. The van der Waals surface area contributed by atoms with Crippen LogP contribution in [0.3, 0.4) is 0 Å². The van der Waals surface area contributed by atoms with E-state index in [4.69, 9.17) is 42.6 Å².